The van der Waals surface area contributed by atoms with Crippen molar-refractivity contribution in [3.05, 3.63) is 89.2 Å². The molecule has 0 saturated carbocycles. The summed E-state index contributed by atoms with van der Waals surface area (Å²) in [5.74, 6) is -2.53. The van der Waals surface area contributed by atoms with Crippen LogP contribution in [0.25, 0.3) is 21.5 Å². The molecule has 0 radical (unpaired) electrons. The minimum atomic E-state index is -0.962. The molecule has 2 amide bonds. The van der Waals surface area contributed by atoms with Gasteiger partial charge in [0, 0.05) is 11.3 Å². The molecule has 0 aliphatic heterocycles. The van der Waals surface area contributed by atoms with Gasteiger partial charge in [-0.1, -0.05) is 60.1 Å². The first kappa shape index (κ1) is 19.5. The van der Waals surface area contributed by atoms with E-state index in [0.717, 1.165) is 33.2 Å². The molecule has 148 valence electrons. The van der Waals surface area contributed by atoms with E-state index in [1.165, 1.54) is 18.3 Å². The van der Waals surface area contributed by atoms with Gasteiger partial charge in [-0.3, -0.25) is 9.59 Å². The van der Waals surface area contributed by atoms with Crippen LogP contribution in [0.4, 0.5) is 10.1 Å². The molecule has 0 aliphatic carbocycles. The molecule has 4 aromatic rings. The Labute approximate surface area is 176 Å². The highest BCUT2D eigenvalue weighted by Crippen LogP contribution is 2.27. The minimum absolute atomic E-state index is 0.158. The fraction of sp³-hybridized carbons (Fsp3) is 0. The summed E-state index contributed by atoms with van der Waals surface area (Å²) in [4.78, 5) is 24.1. The lowest BCUT2D eigenvalue weighted by Crippen LogP contribution is -2.32. The molecule has 5 nitrogen and oxygen atoms in total. The van der Waals surface area contributed by atoms with E-state index in [0.29, 0.717) is 0 Å². The highest BCUT2D eigenvalue weighted by atomic mass is 35.5. The molecule has 4 rings (SSSR count). The zero-order valence-corrected chi connectivity index (χ0v) is 16.3. The van der Waals surface area contributed by atoms with E-state index >= 15 is 0 Å². The second-order valence-corrected chi connectivity index (χ2v) is 6.92. The number of hydrogen-bond acceptors (Lipinski definition) is 3. The van der Waals surface area contributed by atoms with Crippen molar-refractivity contribution in [3.63, 3.8) is 0 Å². The molecule has 7 heteroatoms. The number of amides is 2. The summed E-state index contributed by atoms with van der Waals surface area (Å²) in [7, 11) is 0. The van der Waals surface area contributed by atoms with E-state index in [1.807, 2.05) is 48.5 Å². The molecule has 0 atom stereocenters. The molecule has 2 N–H and O–H groups in total. The van der Waals surface area contributed by atoms with Gasteiger partial charge in [-0.05, 0) is 45.8 Å². The summed E-state index contributed by atoms with van der Waals surface area (Å²) in [6.07, 6.45) is 1.52. The maximum atomic E-state index is 13.2. The molecular weight excluding hydrogens is 405 g/mol. The van der Waals surface area contributed by atoms with Gasteiger partial charge in [-0.15, -0.1) is 0 Å². The normalized spacial score (nSPS) is 11.1. The molecule has 0 saturated heterocycles. The van der Waals surface area contributed by atoms with E-state index in [-0.39, 0.29) is 10.7 Å². The molecular formula is C23H15ClFN3O2. The number of carbonyl (C=O) groups is 2. The predicted octanol–water partition coefficient (Wildman–Crippen LogP) is 4.87. The van der Waals surface area contributed by atoms with Gasteiger partial charge in [0.05, 0.1) is 11.2 Å². The summed E-state index contributed by atoms with van der Waals surface area (Å²) < 4.78 is 13.2. The molecule has 0 unspecified atom stereocenters. The number of nitrogens with zero attached hydrogens (tertiary/aromatic N) is 1. The number of anilines is 1. The van der Waals surface area contributed by atoms with Gasteiger partial charge in [0.1, 0.15) is 5.82 Å². The Kier molecular flexibility index (Phi) is 5.41. The van der Waals surface area contributed by atoms with Gasteiger partial charge < -0.3 is 5.32 Å². The zero-order valence-electron chi connectivity index (χ0n) is 15.5. The Bertz CT molecular complexity index is 1270. The fourth-order valence-electron chi connectivity index (χ4n) is 3.16. The van der Waals surface area contributed by atoms with Gasteiger partial charge in [0.25, 0.3) is 0 Å². The summed E-state index contributed by atoms with van der Waals surface area (Å²) in [6.45, 7) is 0. The first-order valence-corrected chi connectivity index (χ1v) is 9.40. The van der Waals surface area contributed by atoms with Crippen molar-refractivity contribution in [3.8, 4) is 0 Å². The first-order chi connectivity index (χ1) is 14.5. The number of fused-ring (bicyclic) bond motifs is 2. The van der Waals surface area contributed by atoms with Crippen LogP contribution in [-0.2, 0) is 9.59 Å². The van der Waals surface area contributed by atoms with Crippen molar-refractivity contribution in [1.82, 2.24) is 5.43 Å². The number of rotatable bonds is 3. The average Bonchev–Trinajstić information content (AvgIpc) is 2.75. The lowest BCUT2D eigenvalue weighted by atomic mass is 9.97. The third-order valence-corrected chi connectivity index (χ3v) is 4.85. The zero-order chi connectivity index (χ0) is 21.1. The Morgan fingerprint density at radius 1 is 0.867 bits per heavy atom. The standard InChI is InChI=1S/C23H15ClFN3O2/c24-20-12-16(9-10-21(20)25)27-22(29)23(30)28-26-13-19-17-7-3-1-5-14(17)11-15-6-2-4-8-18(15)19/h1-13H,(H,27,29)(H,28,30). The molecule has 0 aliphatic rings. The van der Waals surface area contributed by atoms with Crippen LogP contribution in [0.5, 0.6) is 0 Å². The fourth-order valence-corrected chi connectivity index (χ4v) is 3.34. The third kappa shape index (κ3) is 3.99. The smallest absolute Gasteiger partial charge is 0.318 e. The molecule has 0 bridgehead atoms. The van der Waals surface area contributed by atoms with Crippen LogP contribution in [0, 0.1) is 5.82 Å². The van der Waals surface area contributed by atoms with Crippen LogP contribution in [-0.4, -0.2) is 18.0 Å². The lowest BCUT2D eigenvalue weighted by molar-refractivity contribution is -0.136. The summed E-state index contributed by atoms with van der Waals surface area (Å²) in [6, 6.07) is 21.4. The molecule has 0 aromatic heterocycles. The van der Waals surface area contributed by atoms with Gasteiger partial charge >= 0.3 is 11.8 Å². The maximum absolute atomic E-state index is 13.2. The van der Waals surface area contributed by atoms with Crippen molar-refractivity contribution in [2.75, 3.05) is 5.32 Å². The summed E-state index contributed by atoms with van der Waals surface area (Å²) in [5, 5.41) is 10.2. The van der Waals surface area contributed by atoms with Crippen LogP contribution < -0.4 is 10.7 Å². The Morgan fingerprint density at radius 2 is 1.50 bits per heavy atom. The largest absolute Gasteiger partial charge is 0.329 e. The van der Waals surface area contributed by atoms with Gasteiger partial charge in [0.15, 0.2) is 0 Å². The second kappa shape index (κ2) is 8.31. The SMILES string of the molecule is O=C(NN=Cc1c2ccccc2cc2ccccc12)C(=O)Nc1ccc(F)c(Cl)c1. The number of nitrogens with one attached hydrogen (secondary N) is 2. The first-order valence-electron chi connectivity index (χ1n) is 9.03. The Morgan fingerprint density at radius 3 is 2.13 bits per heavy atom. The highest BCUT2D eigenvalue weighted by molar-refractivity contribution is 6.40. The quantitative estimate of drug-likeness (QED) is 0.215. The van der Waals surface area contributed by atoms with E-state index in [9.17, 15) is 14.0 Å². The Hall–Kier alpha value is -3.77. The number of carbonyl (C=O) groups excluding carboxylic acids is 2. The second-order valence-electron chi connectivity index (χ2n) is 6.51. The Balaban J connectivity index is 1.55. The van der Waals surface area contributed by atoms with E-state index in [1.54, 1.807) is 0 Å². The van der Waals surface area contributed by atoms with E-state index in [4.69, 9.17) is 11.6 Å². The van der Waals surface area contributed by atoms with Crippen molar-refractivity contribution in [2.45, 2.75) is 0 Å². The molecule has 0 fully saturated rings. The van der Waals surface area contributed by atoms with E-state index < -0.39 is 17.6 Å². The van der Waals surface area contributed by atoms with Crippen molar-refractivity contribution in [1.29, 1.82) is 0 Å². The number of halogens is 2. The summed E-state index contributed by atoms with van der Waals surface area (Å²) in [5.41, 5.74) is 3.25. The van der Waals surface area contributed by atoms with Crippen LogP contribution in [0.3, 0.4) is 0 Å². The van der Waals surface area contributed by atoms with Crippen LogP contribution in [0.1, 0.15) is 5.56 Å². The van der Waals surface area contributed by atoms with Gasteiger partial charge in [0.2, 0.25) is 0 Å². The molecule has 0 heterocycles. The van der Waals surface area contributed by atoms with Crippen molar-refractivity contribution >= 4 is 56.9 Å². The maximum Gasteiger partial charge on any atom is 0.329 e. The highest BCUT2D eigenvalue weighted by Gasteiger charge is 2.14. The predicted molar refractivity (Wildman–Crippen MR) is 117 cm³/mol. The molecule has 4 aromatic carbocycles. The third-order valence-electron chi connectivity index (χ3n) is 4.56. The summed E-state index contributed by atoms with van der Waals surface area (Å²) >= 11 is 5.67. The van der Waals surface area contributed by atoms with Gasteiger partial charge in [-0.2, -0.15) is 5.10 Å². The van der Waals surface area contributed by atoms with E-state index in [2.05, 4.69) is 21.9 Å². The van der Waals surface area contributed by atoms with Crippen molar-refractivity contribution < 1.29 is 14.0 Å². The monoisotopic (exact) mass is 419 g/mol. The minimum Gasteiger partial charge on any atom is -0.318 e. The van der Waals surface area contributed by atoms with Crippen LogP contribution in [0.15, 0.2) is 77.9 Å². The average molecular weight is 420 g/mol. The number of benzene rings is 4. The number of hydrogen-bond donors (Lipinski definition) is 2. The molecule has 0 spiro atoms. The number of hydrazone groups is 1. The van der Waals surface area contributed by atoms with Gasteiger partial charge in [-0.25, -0.2) is 9.82 Å². The molecule has 30 heavy (non-hydrogen) atoms. The van der Waals surface area contributed by atoms with Crippen molar-refractivity contribution in [2.24, 2.45) is 5.10 Å². The lowest BCUT2D eigenvalue weighted by Gasteiger charge is -2.08. The van der Waals surface area contributed by atoms with Crippen LogP contribution in [0.2, 0.25) is 5.02 Å². The van der Waals surface area contributed by atoms with Crippen LogP contribution >= 0.6 is 11.6 Å². The topological polar surface area (TPSA) is 70.6 Å².